The van der Waals surface area contributed by atoms with Gasteiger partial charge in [0.2, 0.25) is 5.78 Å². The highest BCUT2D eigenvalue weighted by atomic mass is 16.2. The summed E-state index contributed by atoms with van der Waals surface area (Å²) in [5, 5.41) is 0. The van der Waals surface area contributed by atoms with Crippen LogP contribution in [0.15, 0.2) is 46.0 Å². The van der Waals surface area contributed by atoms with Crippen LogP contribution >= 0.6 is 0 Å². The fourth-order valence-corrected chi connectivity index (χ4v) is 3.22. The SMILES string of the molecule is Cc1cc(C)cc(C(=O)c2cc(=O)[nH]c(=O)n2CC2CC=CC2)c1. The summed E-state index contributed by atoms with van der Waals surface area (Å²) in [6, 6.07) is 6.76. The summed E-state index contributed by atoms with van der Waals surface area (Å²) in [5.41, 5.74) is 1.52. The Morgan fingerprint density at radius 3 is 2.33 bits per heavy atom. The van der Waals surface area contributed by atoms with Gasteiger partial charge in [0, 0.05) is 18.2 Å². The van der Waals surface area contributed by atoms with Crippen molar-refractivity contribution in [3.8, 4) is 0 Å². The van der Waals surface area contributed by atoms with Gasteiger partial charge in [-0.25, -0.2) is 4.79 Å². The molecule has 0 saturated carbocycles. The molecule has 0 spiro atoms. The second kappa shape index (κ2) is 6.43. The molecule has 1 aliphatic carbocycles. The van der Waals surface area contributed by atoms with Gasteiger partial charge in [-0.3, -0.25) is 19.1 Å². The van der Waals surface area contributed by atoms with Gasteiger partial charge in [-0.2, -0.15) is 0 Å². The lowest BCUT2D eigenvalue weighted by Gasteiger charge is -2.15. The van der Waals surface area contributed by atoms with E-state index in [4.69, 9.17) is 0 Å². The minimum atomic E-state index is -0.548. The number of benzene rings is 1. The van der Waals surface area contributed by atoms with Crippen LogP contribution in [0.1, 0.15) is 40.0 Å². The van der Waals surface area contributed by atoms with E-state index >= 15 is 0 Å². The van der Waals surface area contributed by atoms with E-state index in [1.165, 1.54) is 10.6 Å². The van der Waals surface area contributed by atoms with Gasteiger partial charge in [0.1, 0.15) is 0 Å². The molecule has 24 heavy (non-hydrogen) atoms. The van der Waals surface area contributed by atoms with Gasteiger partial charge in [0.05, 0.1) is 5.69 Å². The number of allylic oxidation sites excluding steroid dienone is 2. The zero-order chi connectivity index (χ0) is 17.3. The highest BCUT2D eigenvalue weighted by Crippen LogP contribution is 2.20. The van der Waals surface area contributed by atoms with E-state index in [2.05, 4.69) is 17.1 Å². The summed E-state index contributed by atoms with van der Waals surface area (Å²) in [6.07, 6.45) is 5.91. The molecule has 0 amide bonds. The molecule has 0 bridgehead atoms. The third-order valence-corrected chi connectivity index (χ3v) is 4.30. The number of rotatable bonds is 4. The van der Waals surface area contributed by atoms with Crippen LogP contribution in [0.5, 0.6) is 0 Å². The van der Waals surface area contributed by atoms with Crippen LogP contribution in [0, 0.1) is 19.8 Å². The number of H-pyrrole nitrogens is 1. The van der Waals surface area contributed by atoms with Crippen LogP contribution in [0.3, 0.4) is 0 Å². The van der Waals surface area contributed by atoms with Gasteiger partial charge in [-0.05, 0) is 44.7 Å². The van der Waals surface area contributed by atoms with Crippen LogP contribution in [0.2, 0.25) is 0 Å². The molecule has 1 heterocycles. The van der Waals surface area contributed by atoms with E-state index in [0.29, 0.717) is 12.1 Å². The van der Waals surface area contributed by atoms with E-state index in [1.54, 1.807) is 12.1 Å². The first kappa shape index (κ1) is 16.2. The van der Waals surface area contributed by atoms with Gasteiger partial charge in [0.25, 0.3) is 5.56 Å². The van der Waals surface area contributed by atoms with Gasteiger partial charge >= 0.3 is 5.69 Å². The summed E-state index contributed by atoms with van der Waals surface area (Å²) in [4.78, 5) is 39.2. The van der Waals surface area contributed by atoms with Crippen molar-refractivity contribution < 1.29 is 4.79 Å². The first-order valence-corrected chi connectivity index (χ1v) is 8.06. The Labute approximate surface area is 139 Å². The smallest absolute Gasteiger partial charge is 0.290 e. The lowest BCUT2D eigenvalue weighted by Crippen LogP contribution is -2.35. The molecule has 0 radical (unpaired) electrons. The predicted octanol–water partition coefficient (Wildman–Crippen LogP) is 2.35. The highest BCUT2D eigenvalue weighted by Gasteiger charge is 2.20. The Bertz CT molecular complexity index is 906. The third-order valence-electron chi connectivity index (χ3n) is 4.30. The molecular formula is C19H20N2O3. The lowest BCUT2D eigenvalue weighted by atomic mass is 10.0. The van der Waals surface area contributed by atoms with E-state index in [1.807, 2.05) is 19.9 Å². The van der Waals surface area contributed by atoms with Gasteiger partial charge in [0.15, 0.2) is 0 Å². The lowest BCUT2D eigenvalue weighted by molar-refractivity contribution is 0.102. The predicted molar refractivity (Wildman–Crippen MR) is 92.5 cm³/mol. The molecule has 1 aromatic heterocycles. The number of aryl methyl sites for hydroxylation is 2. The Kier molecular flexibility index (Phi) is 4.34. The minimum Gasteiger partial charge on any atom is -0.290 e. The number of nitrogens with one attached hydrogen (secondary N) is 1. The molecule has 124 valence electrons. The number of aromatic nitrogens is 2. The molecular weight excluding hydrogens is 304 g/mol. The third kappa shape index (κ3) is 3.30. The molecule has 0 atom stereocenters. The van der Waals surface area contributed by atoms with E-state index in [-0.39, 0.29) is 17.4 Å². The molecule has 0 unspecified atom stereocenters. The van der Waals surface area contributed by atoms with Crippen LogP contribution in [0.4, 0.5) is 0 Å². The fourth-order valence-electron chi connectivity index (χ4n) is 3.22. The molecule has 2 aromatic rings. The summed E-state index contributed by atoms with van der Waals surface area (Å²) < 4.78 is 1.40. The minimum absolute atomic E-state index is 0.153. The maximum atomic E-state index is 12.9. The summed E-state index contributed by atoms with van der Waals surface area (Å²) in [5.74, 6) is -0.0182. The van der Waals surface area contributed by atoms with Crippen LogP contribution < -0.4 is 11.2 Å². The maximum absolute atomic E-state index is 12.9. The van der Waals surface area contributed by atoms with E-state index in [0.717, 1.165) is 24.0 Å². The molecule has 0 fully saturated rings. The van der Waals surface area contributed by atoms with Crippen molar-refractivity contribution in [2.75, 3.05) is 0 Å². The Morgan fingerprint density at radius 2 is 1.71 bits per heavy atom. The summed E-state index contributed by atoms with van der Waals surface area (Å²) >= 11 is 0. The van der Waals surface area contributed by atoms with Crippen LogP contribution in [-0.4, -0.2) is 15.3 Å². The van der Waals surface area contributed by atoms with Crippen molar-refractivity contribution in [1.82, 2.24) is 9.55 Å². The van der Waals surface area contributed by atoms with Crippen molar-refractivity contribution >= 4 is 5.78 Å². The highest BCUT2D eigenvalue weighted by molar-refractivity contribution is 6.08. The Balaban J connectivity index is 2.06. The first-order valence-electron chi connectivity index (χ1n) is 8.06. The number of ketones is 1. The normalized spacial score (nSPS) is 14.2. The van der Waals surface area contributed by atoms with Crippen molar-refractivity contribution in [3.05, 3.63) is 79.6 Å². The molecule has 5 heteroatoms. The molecule has 1 N–H and O–H groups in total. The Morgan fingerprint density at radius 1 is 1.08 bits per heavy atom. The monoisotopic (exact) mass is 324 g/mol. The van der Waals surface area contributed by atoms with Crippen molar-refractivity contribution in [2.45, 2.75) is 33.2 Å². The number of carbonyl (C=O) groups excluding carboxylic acids is 1. The van der Waals surface area contributed by atoms with Gasteiger partial charge in [-0.1, -0.05) is 29.3 Å². The van der Waals surface area contributed by atoms with E-state index in [9.17, 15) is 14.4 Å². The second-order valence-corrected chi connectivity index (χ2v) is 6.45. The fraction of sp³-hybridized carbons (Fsp3) is 0.316. The quantitative estimate of drug-likeness (QED) is 0.693. The number of nitrogens with zero attached hydrogens (tertiary/aromatic N) is 1. The molecule has 0 aliphatic heterocycles. The molecule has 0 saturated heterocycles. The average molecular weight is 324 g/mol. The topological polar surface area (TPSA) is 71.9 Å². The van der Waals surface area contributed by atoms with Crippen LogP contribution in [0.25, 0.3) is 0 Å². The average Bonchev–Trinajstić information content (AvgIpc) is 3.01. The van der Waals surface area contributed by atoms with Gasteiger partial charge in [-0.15, -0.1) is 0 Å². The van der Waals surface area contributed by atoms with Crippen molar-refractivity contribution in [2.24, 2.45) is 5.92 Å². The van der Waals surface area contributed by atoms with E-state index < -0.39 is 11.2 Å². The number of aromatic amines is 1. The largest absolute Gasteiger partial charge is 0.328 e. The maximum Gasteiger partial charge on any atom is 0.328 e. The standard InChI is InChI=1S/C19H20N2O3/c1-12-7-13(2)9-15(8-12)18(23)16-10-17(22)20-19(24)21(16)11-14-5-3-4-6-14/h3-4,7-10,14H,5-6,11H2,1-2H3,(H,20,22,24). The molecule has 3 rings (SSSR count). The molecule has 1 aliphatic rings. The zero-order valence-corrected chi connectivity index (χ0v) is 13.8. The number of carbonyl (C=O) groups is 1. The number of hydrogen-bond donors (Lipinski definition) is 1. The Hall–Kier alpha value is -2.69. The van der Waals surface area contributed by atoms with Crippen LogP contribution in [-0.2, 0) is 6.54 Å². The van der Waals surface area contributed by atoms with Crippen molar-refractivity contribution in [1.29, 1.82) is 0 Å². The first-order chi connectivity index (χ1) is 11.4. The number of hydrogen-bond acceptors (Lipinski definition) is 3. The second-order valence-electron chi connectivity index (χ2n) is 6.45. The molecule has 1 aromatic carbocycles. The summed E-state index contributed by atoms with van der Waals surface area (Å²) in [7, 11) is 0. The van der Waals surface area contributed by atoms with Crippen molar-refractivity contribution in [3.63, 3.8) is 0 Å². The summed E-state index contributed by atoms with van der Waals surface area (Å²) in [6.45, 7) is 4.26. The zero-order valence-electron chi connectivity index (χ0n) is 13.8. The van der Waals surface area contributed by atoms with Gasteiger partial charge < -0.3 is 0 Å². The molecule has 5 nitrogen and oxygen atoms in total.